The maximum absolute atomic E-state index is 14.0. The normalized spacial score (nSPS) is 15.8. The third-order valence-electron chi connectivity index (χ3n) is 4.38. The number of hydrogen-bond donors (Lipinski definition) is 1. The molecule has 0 radical (unpaired) electrons. The molecule has 0 amide bonds. The monoisotopic (exact) mass is 350 g/mol. The Kier molecular flexibility index (Phi) is 4.48. The van der Waals surface area contributed by atoms with Crippen LogP contribution in [0.5, 0.6) is 5.75 Å². The van der Waals surface area contributed by atoms with Gasteiger partial charge < -0.3 is 10.1 Å². The zero-order valence-electron chi connectivity index (χ0n) is 14.4. The Morgan fingerprint density at radius 1 is 1.19 bits per heavy atom. The number of para-hydroxylation sites is 1. The van der Waals surface area contributed by atoms with Crippen molar-refractivity contribution in [3.63, 3.8) is 0 Å². The molecule has 0 unspecified atom stereocenters. The van der Waals surface area contributed by atoms with Crippen LogP contribution < -0.4 is 10.1 Å². The zero-order valence-corrected chi connectivity index (χ0v) is 14.4. The highest BCUT2D eigenvalue weighted by Gasteiger charge is 2.24. The van der Waals surface area contributed by atoms with Gasteiger partial charge in [0.25, 0.3) is 0 Å². The van der Waals surface area contributed by atoms with E-state index in [1.54, 1.807) is 12.3 Å². The predicted octanol–water partition coefficient (Wildman–Crippen LogP) is 4.18. The number of fused-ring (bicyclic) bond motifs is 1. The molecule has 1 aromatic carbocycles. The predicted molar refractivity (Wildman–Crippen MR) is 97.5 cm³/mol. The SMILES string of the molecule is CCc1cc(N[C@H]2CCOc3c(F)cccc32)nc(-c2ccccn2)n1. The van der Waals surface area contributed by atoms with Crippen molar-refractivity contribution in [1.82, 2.24) is 15.0 Å². The highest BCUT2D eigenvalue weighted by Crippen LogP contribution is 2.36. The molecule has 26 heavy (non-hydrogen) atoms. The molecule has 3 heterocycles. The van der Waals surface area contributed by atoms with Crippen LogP contribution >= 0.6 is 0 Å². The minimum absolute atomic E-state index is 0.0642. The summed E-state index contributed by atoms with van der Waals surface area (Å²) in [4.78, 5) is 13.5. The summed E-state index contributed by atoms with van der Waals surface area (Å²) in [6.45, 7) is 2.51. The number of aryl methyl sites for hydroxylation is 1. The summed E-state index contributed by atoms with van der Waals surface area (Å²) in [6, 6.07) is 12.5. The van der Waals surface area contributed by atoms with Crippen LogP contribution in [0.1, 0.15) is 30.6 Å². The van der Waals surface area contributed by atoms with Crippen LogP contribution in [0.2, 0.25) is 0 Å². The molecule has 4 rings (SSSR count). The minimum atomic E-state index is -0.333. The van der Waals surface area contributed by atoms with E-state index in [1.165, 1.54) is 6.07 Å². The number of anilines is 1. The number of nitrogens with one attached hydrogen (secondary N) is 1. The van der Waals surface area contributed by atoms with Crippen LogP contribution in [0, 0.1) is 5.82 Å². The molecule has 3 aromatic rings. The van der Waals surface area contributed by atoms with Gasteiger partial charge in [0.2, 0.25) is 0 Å². The highest BCUT2D eigenvalue weighted by molar-refractivity contribution is 5.54. The average molecular weight is 350 g/mol. The summed E-state index contributed by atoms with van der Waals surface area (Å²) in [5.74, 6) is 1.28. The number of pyridine rings is 1. The number of ether oxygens (including phenoxy) is 1. The molecule has 0 spiro atoms. The molecule has 1 aliphatic rings. The molecule has 0 fully saturated rings. The average Bonchev–Trinajstić information content (AvgIpc) is 2.69. The second-order valence-corrected chi connectivity index (χ2v) is 6.13. The Balaban J connectivity index is 1.68. The van der Waals surface area contributed by atoms with E-state index >= 15 is 0 Å². The first-order valence-electron chi connectivity index (χ1n) is 8.71. The van der Waals surface area contributed by atoms with E-state index in [9.17, 15) is 4.39 Å². The molecule has 1 atom stereocenters. The molecule has 1 aliphatic heterocycles. The van der Waals surface area contributed by atoms with E-state index in [4.69, 9.17) is 4.74 Å². The minimum Gasteiger partial charge on any atom is -0.490 e. The van der Waals surface area contributed by atoms with Gasteiger partial charge in [-0.1, -0.05) is 25.1 Å². The van der Waals surface area contributed by atoms with Crippen molar-refractivity contribution in [1.29, 1.82) is 0 Å². The largest absolute Gasteiger partial charge is 0.490 e. The van der Waals surface area contributed by atoms with Crippen LogP contribution in [-0.2, 0) is 6.42 Å². The van der Waals surface area contributed by atoms with Gasteiger partial charge in [0, 0.05) is 29.9 Å². The van der Waals surface area contributed by atoms with Crippen molar-refractivity contribution in [2.24, 2.45) is 0 Å². The van der Waals surface area contributed by atoms with Crippen LogP contribution in [-0.4, -0.2) is 21.6 Å². The molecule has 0 aliphatic carbocycles. The molecular weight excluding hydrogens is 331 g/mol. The number of benzene rings is 1. The standard InChI is InChI=1S/C20H19FN4O/c1-2-13-12-18(25-20(23-13)17-8-3-4-10-22-17)24-16-9-11-26-19-14(16)6-5-7-15(19)21/h3-8,10,12,16H,2,9,11H2,1H3,(H,23,24,25)/t16-/m0/s1. The molecule has 0 saturated heterocycles. The van der Waals surface area contributed by atoms with Gasteiger partial charge in [0.1, 0.15) is 11.5 Å². The van der Waals surface area contributed by atoms with Gasteiger partial charge in [-0.25, -0.2) is 14.4 Å². The van der Waals surface area contributed by atoms with E-state index in [0.29, 0.717) is 24.0 Å². The lowest BCUT2D eigenvalue weighted by atomic mass is 10.0. The third-order valence-corrected chi connectivity index (χ3v) is 4.38. The van der Waals surface area contributed by atoms with Gasteiger partial charge in [0.15, 0.2) is 17.4 Å². The highest BCUT2D eigenvalue weighted by atomic mass is 19.1. The molecule has 132 valence electrons. The van der Waals surface area contributed by atoms with E-state index in [0.717, 1.165) is 29.8 Å². The van der Waals surface area contributed by atoms with Gasteiger partial charge in [-0.3, -0.25) is 4.98 Å². The first-order chi connectivity index (χ1) is 12.7. The van der Waals surface area contributed by atoms with Gasteiger partial charge >= 0.3 is 0 Å². The Hall–Kier alpha value is -3.02. The van der Waals surface area contributed by atoms with Gasteiger partial charge in [-0.15, -0.1) is 0 Å². The van der Waals surface area contributed by atoms with Gasteiger partial charge in [0.05, 0.1) is 12.6 Å². The first-order valence-corrected chi connectivity index (χ1v) is 8.71. The summed E-state index contributed by atoms with van der Waals surface area (Å²) < 4.78 is 19.5. The Bertz CT molecular complexity index is 917. The summed E-state index contributed by atoms with van der Waals surface area (Å²) in [7, 11) is 0. The maximum atomic E-state index is 14.0. The van der Waals surface area contributed by atoms with E-state index in [-0.39, 0.29) is 11.9 Å². The molecule has 1 N–H and O–H groups in total. The van der Waals surface area contributed by atoms with Gasteiger partial charge in [-0.05, 0) is 24.6 Å². The number of hydrogen-bond acceptors (Lipinski definition) is 5. The second-order valence-electron chi connectivity index (χ2n) is 6.13. The van der Waals surface area contributed by atoms with Crippen LogP contribution in [0.15, 0.2) is 48.7 Å². The lowest BCUT2D eigenvalue weighted by Crippen LogP contribution is -2.22. The number of aromatic nitrogens is 3. The van der Waals surface area contributed by atoms with Crippen molar-refractivity contribution in [3.05, 3.63) is 65.7 Å². The summed E-state index contributed by atoms with van der Waals surface area (Å²) in [5.41, 5.74) is 2.46. The van der Waals surface area contributed by atoms with Crippen LogP contribution in [0.25, 0.3) is 11.5 Å². The fourth-order valence-corrected chi connectivity index (χ4v) is 3.08. The molecule has 2 aromatic heterocycles. The quantitative estimate of drug-likeness (QED) is 0.765. The fourth-order valence-electron chi connectivity index (χ4n) is 3.08. The number of rotatable bonds is 4. The topological polar surface area (TPSA) is 59.9 Å². The van der Waals surface area contributed by atoms with Crippen molar-refractivity contribution in [3.8, 4) is 17.3 Å². The van der Waals surface area contributed by atoms with Gasteiger partial charge in [-0.2, -0.15) is 0 Å². The second kappa shape index (κ2) is 7.07. The fraction of sp³-hybridized carbons (Fsp3) is 0.250. The summed E-state index contributed by atoms with van der Waals surface area (Å²) in [5, 5.41) is 3.42. The van der Waals surface area contributed by atoms with Crippen LogP contribution in [0.4, 0.5) is 10.2 Å². The first kappa shape index (κ1) is 16.4. The Labute approximate surface area is 151 Å². The van der Waals surface area contributed by atoms with Crippen molar-refractivity contribution < 1.29 is 9.13 Å². The summed E-state index contributed by atoms with van der Waals surface area (Å²) >= 11 is 0. The smallest absolute Gasteiger partial charge is 0.180 e. The lowest BCUT2D eigenvalue weighted by Gasteiger charge is -2.27. The van der Waals surface area contributed by atoms with E-state index < -0.39 is 0 Å². The van der Waals surface area contributed by atoms with E-state index in [1.807, 2.05) is 37.3 Å². The lowest BCUT2D eigenvalue weighted by molar-refractivity contribution is 0.260. The maximum Gasteiger partial charge on any atom is 0.180 e. The van der Waals surface area contributed by atoms with Crippen molar-refractivity contribution >= 4 is 5.82 Å². The Morgan fingerprint density at radius 2 is 2.12 bits per heavy atom. The van der Waals surface area contributed by atoms with Crippen molar-refractivity contribution in [2.75, 3.05) is 11.9 Å². The molecule has 0 bridgehead atoms. The Morgan fingerprint density at radius 3 is 2.92 bits per heavy atom. The van der Waals surface area contributed by atoms with Crippen LogP contribution in [0.3, 0.4) is 0 Å². The van der Waals surface area contributed by atoms with Crippen molar-refractivity contribution in [2.45, 2.75) is 25.8 Å². The number of halogens is 1. The molecule has 0 saturated carbocycles. The van der Waals surface area contributed by atoms with E-state index in [2.05, 4.69) is 20.3 Å². The molecule has 6 heteroatoms. The number of nitrogens with zero attached hydrogens (tertiary/aromatic N) is 3. The zero-order chi connectivity index (χ0) is 17.9. The summed E-state index contributed by atoms with van der Waals surface area (Å²) in [6.07, 6.45) is 3.25. The third kappa shape index (κ3) is 3.22. The molecular formula is C20H19FN4O. The molecule has 5 nitrogen and oxygen atoms in total.